The Morgan fingerprint density at radius 1 is 1.19 bits per heavy atom. The van der Waals surface area contributed by atoms with E-state index in [0.29, 0.717) is 11.6 Å². The van der Waals surface area contributed by atoms with E-state index in [1.165, 1.54) is 11.3 Å². The lowest BCUT2D eigenvalue weighted by molar-refractivity contribution is -0.147. The molecule has 1 aromatic heterocycles. The van der Waals surface area contributed by atoms with Gasteiger partial charge in [0.1, 0.15) is 0 Å². The lowest BCUT2D eigenvalue weighted by atomic mass is 10.2. The summed E-state index contributed by atoms with van der Waals surface area (Å²) in [4.78, 5) is 24.0. The first-order valence-corrected chi connectivity index (χ1v) is 7.58. The zero-order valence-electron chi connectivity index (χ0n) is 11.2. The fourth-order valence-electron chi connectivity index (χ4n) is 1.61. The molecule has 21 heavy (non-hydrogen) atoms. The van der Waals surface area contributed by atoms with Gasteiger partial charge in [0.2, 0.25) is 0 Å². The first-order chi connectivity index (χ1) is 10.1. The zero-order chi connectivity index (χ0) is 15.1. The van der Waals surface area contributed by atoms with Crippen LogP contribution >= 0.6 is 22.9 Å². The molecule has 110 valence electrons. The molecule has 0 saturated carbocycles. The first-order valence-electron chi connectivity index (χ1n) is 6.32. The molecule has 0 spiro atoms. The van der Waals surface area contributed by atoms with E-state index in [1.807, 2.05) is 29.6 Å². The Morgan fingerprint density at radius 3 is 2.62 bits per heavy atom. The lowest BCUT2D eigenvalue weighted by Gasteiger charge is -2.06. The molecular weight excluding hydrogens is 310 g/mol. The van der Waals surface area contributed by atoms with Crippen molar-refractivity contribution in [1.29, 1.82) is 0 Å². The van der Waals surface area contributed by atoms with Gasteiger partial charge in [0, 0.05) is 16.4 Å². The van der Waals surface area contributed by atoms with E-state index in [0.717, 1.165) is 10.4 Å². The van der Waals surface area contributed by atoms with E-state index in [2.05, 4.69) is 5.32 Å². The fraction of sp³-hybridized carbons (Fsp3) is 0.200. The number of benzene rings is 1. The number of hydrogen-bond donors (Lipinski definition) is 1. The summed E-state index contributed by atoms with van der Waals surface area (Å²) in [7, 11) is 0. The molecule has 1 N–H and O–H groups in total. The SMILES string of the molecule is O=C(COC(=O)Cc1cccs1)NCc1ccc(Cl)cc1. The number of carbonyl (C=O) groups is 2. The van der Waals surface area contributed by atoms with Crippen LogP contribution < -0.4 is 5.32 Å². The highest BCUT2D eigenvalue weighted by Gasteiger charge is 2.09. The van der Waals surface area contributed by atoms with Gasteiger partial charge in [0.15, 0.2) is 6.61 Å². The summed E-state index contributed by atoms with van der Waals surface area (Å²) in [5.74, 6) is -0.733. The maximum Gasteiger partial charge on any atom is 0.311 e. The third-order valence-corrected chi connectivity index (χ3v) is 3.79. The van der Waals surface area contributed by atoms with Crippen LogP contribution in [0.25, 0.3) is 0 Å². The Balaban J connectivity index is 1.67. The van der Waals surface area contributed by atoms with Gasteiger partial charge in [0.25, 0.3) is 5.91 Å². The molecule has 2 aromatic rings. The quantitative estimate of drug-likeness (QED) is 0.832. The normalized spacial score (nSPS) is 10.1. The third-order valence-electron chi connectivity index (χ3n) is 2.67. The number of halogens is 1. The largest absolute Gasteiger partial charge is 0.455 e. The number of esters is 1. The van der Waals surface area contributed by atoms with Crippen molar-refractivity contribution in [3.8, 4) is 0 Å². The van der Waals surface area contributed by atoms with Crippen LogP contribution in [0, 0.1) is 0 Å². The number of rotatable bonds is 6. The van der Waals surface area contributed by atoms with Gasteiger partial charge in [0.05, 0.1) is 6.42 Å². The van der Waals surface area contributed by atoms with Crippen molar-refractivity contribution in [2.45, 2.75) is 13.0 Å². The van der Waals surface area contributed by atoms with Crippen LogP contribution in [0.15, 0.2) is 41.8 Å². The van der Waals surface area contributed by atoms with Gasteiger partial charge in [-0.2, -0.15) is 0 Å². The van der Waals surface area contributed by atoms with Gasteiger partial charge < -0.3 is 10.1 Å². The van der Waals surface area contributed by atoms with Crippen molar-refractivity contribution >= 4 is 34.8 Å². The van der Waals surface area contributed by atoms with Gasteiger partial charge in [-0.25, -0.2) is 0 Å². The molecule has 2 rings (SSSR count). The Hall–Kier alpha value is -1.85. The first kappa shape index (κ1) is 15.5. The fourth-order valence-corrected chi connectivity index (χ4v) is 2.42. The second kappa shape index (κ2) is 7.81. The van der Waals surface area contributed by atoms with Gasteiger partial charge in [-0.15, -0.1) is 11.3 Å². The summed E-state index contributed by atoms with van der Waals surface area (Å²) < 4.78 is 4.92. The molecule has 0 fully saturated rings. The molecule has 0 aliphatic carbocycles. The number of nitrogens with one attached hydrogen (secondary N) is 1. The molecule has 0 atom stereocenters. The van der Waals surface area contributed by atoms with Crippen LogP contribution in [-0.4, -0.2) is 18.5 Å². The van der Waals surface area contributed by atoms with Crippen molar-refractivity contribution in [2.24, 2.45) is 0 Å². The Bertz CT molecular complexity index is 596. The maximum absolute atomic E-state index is 11.6. The highest BCUT2D eigenvalue weighted by molar-refractivity contribution is 7.10. The highest BCUT2D eigenvalue weighted by Crippen LogP contribution is 2.10. The van der Waals surface area contributed by atoms with Crippen LogP contribution in [0.2, 0.25) is 5.02 Å². The zero-order valence-corrected chi connectivity index (χ0v) is 12.7. The van der Waals surface area contributed by atoms with Crippen molar-refractivity contribution in [3.05, 3.63) is 57.2 Å². The molecule has 6 heteroatoms. The smallest absolute Gasteiger partial charge is 0.311 e. The number of amides is 1. The van der Waals surface area contributed by atoms with Crippen molar-refractivity contribution < 1.29 is 14.3 Å². The summed E-state index contributed by atoms with van der Waals surface area (Å²) >= 11 is 7.26. The minimum atomic E-state index is -0.404. The molecule has 0 aliphatic rings. The van der Waals surface area contributed by atoms with Crippen LogP contribution in [-0.2, 0) is 27.3 Å². The van der Waals surface area contributed by atoms with E-state index in [1.54, 1.807) is 12.1 Å². The van der Waals surface area contributed by atoms with Crippen molar-refractivity contribution in [2.75, 3.05) is 6.61 Å². The monoisotopic (exact) mass is 323 g/mol. The molecule has 0 saturated heterocycles. The van der Waals surface area contributed by atoms with E-state index in [-0.39, 0.29) is 18.9 Å². The lowest BCUT2D eigenvalue weighted by Crippen LogP contribution is -2.28. The summed E-state index contributed by atoms with van der Waals surface area (Å²) in [5, 5.41) is 5.21. The topological polar surface area (TPSA) is 55.4 Å². The number of hydrogen-bond acceptors (Lipinski definition) is 4. The molecule has 1 aromatic carbocycles. The van der Waals surface area contributed by atoms with Gasteiger partial charge in [-0.05, 0) is 29.1 Å². The molecule has 4 nitrogen and oxygen atoms in total. The predicted octanol–water partition coefficient (Wildman–Crippen LogP) is 2.80. The van der Waals surface area contributed by atoms with Crippen LogP contribution in [0.4, 0.5) is 0 Å². The summed E-state index contributed by atoms with van der Waals surface area (Å²) in [6, 6.07) is 10.9. The van der Waals surface area contributed by atoms with Gasteiger partial charge in [-0.1, -0.05) is 29.8 Å². The van der Waals surface area contributed by atoms with Crippen molar-refractivity contribution in [1.82, 2.24) is 5.32 Å². The van der Waals surface area contributed by atoms with Crippen LogP contribution in [0.1, 0.15) is 10.4 Å². The summed E-state index contributed by atoms with van der Waals surface area (Å²) in [6.07, 6.45) is 0.197. The van der Waals surface area contributed by atoms with E-state index < -0.39 is 5.97 Å². The van der Waals surface area contributed by atoms with Gasteiger partial charge >= 0.3 is 5.97 Å². The van der Waals surface area contributed by atoms with E-state index in [9.17, 15) is 9.59 Å². The minimum Gasteiger partial charge on any atom is -0.455 e. The molecular formula is C15H14ClNO3S. The predicted molar refractivity (Wildman–Crippen MR) is 82.3 cm³/mol. The average molecular weight is 324 g/mol. The Labute approximate surface area is 131 Å². The maximum atomic E-state index is 11.6. The third kappa shape index (κ3) is 5.57. The summed E-state index contributed by atoms with van der Waals surface area (Å²) in [5.41, 5.74) is 0.928. The molecule has 1 amide bonds. The Kier molecular flexibility index (Phi) is 5.78. The van der Waals surface area contributed by atoms with Crippen LogP contribution in [0.5, 0.6) is 0 Å². The number of carbonyl (C=O) groups excluding carboxylic acids is 2. The minimum absolute atomic E-state index is 0.197. The van der Waals surface area contributed by atoms with Crippen molar-refractivity contribution in [3.63, 3.8) is 0 Å². The van der Waals surface area contributed by atoms with Crippen LogP contribution in [0.3, 0.4) is 0 Å². The number of thiophene rings is 1. The summed E-state index contributed by atoms with van der Waals surface area (Å²) in [6.45, 7) is 0.107. The van der Waals surface area contributed by atoms with E-state index >= 15 is 0 Å². The molecule has 0 unspecified atom stereocenters. The van der Waals surface area contributed by atoms with E-state index in [4.69, 9.17) is 16.3 Å². The highest BCUT2D eigenvalue weighted by atomic mass is 35.5. The molecule has 1 heterocycles. The number of ether oxygens (including phenoxy) is 1. The standard InChI is InChI=1S/C15H14ClNO3S/c16-12-5-3-11(4-6-12)9-17-14(18)10-20-15(19)8-13-2-1-7-21-13/h1-7H,8-10H2,(H,17,18). The van der Waals surface area contributed by atoms with Gasteiger partial charge in [-0.3, -0.25) is 9.59 Å². The molecule has 0 radical (unpaired) electrons. The second-order valence-electron chi connectivity index (χ2n) is 4.32. The Morgan fingerprint density at radius 2 is 1.95 bits per heavy atom. The average Bonchev–Trinajstić information content (AvgIpc) is 2.97. The second-order valence-corrected chi connectivity index (χ2v) is 5.79. The molecule has 0 aliphatic heterocycles. The molecule has 0 bridgehead atoms.